The second kappa shape index (κ2) is 8.63. The van der Waals surface area contributed by atoms with Gasteiger partial charge in [-0.25, -0.2) is 8.42 Å². The second-order valence-corrected chi connectivity index (χ2v) is 9.47. The van der Waals surface area contributed by atoms with Crippen molar-refractivity contribution in [3.63, 3.8) is 0 Å². The number of halogens is 1. The Morgan fingerprint density at radius 2 is 2.07 bits per heavy atom. The molecular weight excluding hydrogens is 444 g/mol. The molecule has 2 aromatic carbocycles. The number of nitrogens with one attached hydrogen (secondary N) is 1. The first-order valence-electron chi connectivity index (χ1n) is 9.02. The van der Waals surface area contributed by atoms with E-state index >= 15 is 0 Å². The average molecular weight is 467 g/mol. The Morgan fingerprint density at radius 3 is 2.79 bits per heavy atom. The van der Waals surface area contributed by atoms with Gasteiger partial charge in [0.05, 0.1) is 16.7 Å². The molecule has 2 aromatic rings. The highest BCUT2D eigenvalue weighted by Gasteiger charge is 2.22. The zero-order valence-electron chi connectivity index (χ0n) is 15.8. The minimum atomic E-state index is -3.83. The molecule has 1 unspecified atom stereocenters. The van der Waals surface area contributed by atoms with Crippen LogP contribution in [0.4, 0.5) is 5.69 Å². The highest BCUT2D eigenvalue weighted by Crippen LogP contribution is 2.26. The molecule has 8 heteroatoms. The summed E-state index contributed by atoms with van der Waals surface area (Å²) in [5.74, 6) is -0.232. The zero-order chi connectivity index (χ0) is 20.3. The predicted octanol–water partition coefficient (Wildman–Crippen LogP) is 3.81. The molecule has 0 spiro atoms. The van der Waals surface area contributed by atoms with Crippen LogP contribution >= 0.6 is 15.9 Å². The number of anilines is 1. The van der Waals surface area contributed by atoms with Gasteiger partial charge < -0.3 is 9.64 Å². The Balaban J connectivity index is 1.79. The van der Waals surface area contributed by atoms with Crippen molar-refractivity contribution < 1.29 is 17.9 Å². The van der Waals surface area contributed by atoms with Crippen molar-refractivity contribution in [2.24, 2.45) is 0 Å². The van der Waals surface area contributed by atoms with Crippen molar-refractivity contribution in [3.05, 3.63) is 58.1 Å². The normalized spacial score (nSPS) is 16.8. The van der Waals surface area contributed by atoms with Gasteiger partial charge in [0, 0.05) is 30.2 Å². The maximum absolute atomic E-state index is 12.8. The van der Waals surface area contributed by atoms with E-state index in [0.717, 1.165) is 25.0 Å². The molecule has 150 valence electrons. The smallest absolute Gasteiger partial charge is 0.261 e. The quantitative estimate of drug-likeness (QED) is 0.701. The largest absolute Gasteiger partial charge is 0.376 e. The van der Waals surface area contributed by atoms with Crippen molar-refractivity contribution in [1.82, 2.24) is 4.90 Å². The molecule has 6 nitrogen and oxygen atoms in total. The minimum absolute atomic E-state index is 0.0391. The Hall–Kier alpha value is -1.90. The van der Waals surface area contributed by atoms with Crippen LogP contribution in [-0.2, 0) is 14.8 Å². The lowest BCUT2D eigenvalue weighted by atomic mass is 10.2. The van der Waals surface area contributed by atoms with Gasteiger partial charge in [-0.05, 0) is 71.6 Å². The maximum atomic E-state index is 12.8. The number of amides is 1. The van der Waals surface area contributed by atoms with Crippen molar-refractivity contribution in [1.29, 1.82) is 0 Å². The van der Waals surface area contributed by atoms with E-state index < -0.39 is 10.0 Å². The van der Waals surface area contributed by atoms with E-state index in [2.05, 4.69) is 20.7 Å². The average Bonchev–Trinajstić information content (AvgIpc) is 3.17. The lowest BCUT2D eigenvalue weighted by Gasteiger charge is -2.21. The summed E-state index contributed by atoms with van der Waals surface area (Å²) in [5.41, 5.74) is 1.71. The van der Waals surface area contributed by atoms with Crippen LogP contribution in [0.5, 0.6) is 0 Å². The van der Waals surface area contributed by atoms with Crippen LogP contribution in [0, 0.1) is 6.92 Å². The third kappa shape index (κ3) is 4.92. The minimum Gasteiger partial charge on any atom is -0.376 e. The van der Waals surface area contributed by atoms with Crippen molar-refractivity contribution in [2.75, 3.05) is 24.9 Å². The molecule has 1 aliphatic rings. The van der Waals surface area contributed by atoms with Crippen LogP contribution in [0.2, 0.25) is 0 Å². The monoisotopic (exact) mass is 466 g/mol. The van der Waals surface area contributed by atoms with Gasteiger partial charge in [0.15, 0.2) is 0 Å². The van der Waals surface area contributed by atoms with E-state index in [1.54, 1.807) is 36.2 Å². The first kappa shape index (κ1) is 20.8. The Kier molecular flexibility index (Phi) is 6.42. The maximum Gasteiger partial charge on any atom is 0.261 e. The Bertz CT molecular complexity index is 972. The molecule has 0 bridgehead atoms. The lowest BCUT2D eigenvalue weighted by Crippen LogP contribution is -2.34. The summed E-state index contributed by atoms with van der Waals surface area (Å²) in [6, 6.07) is 11.5. The van der Waals surface area contributed by atoms with Crippen molar-refractivity contribution in [3.8, 4) is 0 Å². The summed E-state index contributed by atoms with van der Waals surface area (Å²) in [4.78, 5) is 14.3. The number of likely N-dealkylation sites (N-methyl/N-ethyl adjacent to an activating group) is 1. The Labute approximate surface area is 174 Å². The Morgan fingerprint density at radius 1 is 1.29 bits per heavy atom. The molecule has 1 fully saturated rings. The van der Waals surface area contributed by atoms with Gasteiger partial charge in [0.2, 0.25) is 0 Å². The summed E-state index contributed by atoms with van der Waals surface area (Å²) < 4.78 is 34.4. The van der Waals surface area contributed by atoms with Gasteiger partial charge in [0.1, 0.15) is 0 Å². The number of benzene rings is 2. The van der Waals surface area contributed by atoms with Crippen molar-refractivity contribution >= 4 is 37.5 Å². The van der Waals surface area contributed by atoms with Crippen LogP contribution in [0.3, 0.4) is 0 Å². The molecule has 0 aliphatic carbocycles. The highest BCUT2D eigenvalue weighted by molar-refractivity contribution is 9.10. The molecule has 1 atom stereocenters. The summed E-state index contributed by atoms with van der Waals surface area (Å²) >= 11 is 3.35. The highest BCUT2D eigenvalue weighted by atomic mass is 79.9. The topological polar surface area (TPSA) is 75.7 Å². The lowest BCUT2D eigenvalue weighted by molar-refractivity contribution is 0.0587. The molecule has 0 saturated carbocycles. The molecule has 1 saturated heterocycles. The van der Waals surface area contributed by atoms with E-state index in [-0.39, 0.29) is 16.9 Å². The number of carbonyl (C=O) groups excluding carboxylic acids is 1. The molecule has 28 heavy (non-hydrogen) atoms. The number of rotatable bonds is 6. The summed E-state index contributed by atoms with van der Waals surface area (Å²) in [6.45, 7) is 3.10. The van der Waals surface area contributed by atoms with Crippen LogP contribution in [0.15, 0.2) is 51.8 Å². The van der Waals surface area contributed by atoms with Crippen LogP contribution in [0.25, 0.3) is 0 Å². The number of aryl methyl sites for hydroxylation is 1. The fraction of sp³-hybridized carbons (Fsp3) is 0.350. The first-order valence-corrected chi connectivity index (χ1v) is 11.3. The number of carbonyl (C=O) groups is 1. The summed E-state index contributed by atoms with van der Waals surface area (Å²) in [7, 11) is -2.13. The van der Waals surface area contributed by atoms with Crippen LogP contribution < -0.4 is 4.72 Å². The molecular formula is C20H23BrN2O4S. The number of hydrogen-bond acceptors (Lipinski definition) is 4. The predicted molar refractivity (Wildman–Crippen MR) is 112 cm³/mol. The SMILES string of the molecule is Cc1ccc(Br)c(NS(=O)(=O)c2cccc(C(=O)N(C)CC3CCCO3)c2)c1. The van der Waals surface area contributed by atoms with Gasteiger partial charge in [-0.3, -0.25) is 9.52 Å². The fourth-order valence-electron chi connectivity index (χ4n) is 3.11. The first-order chi connectivity index (χ1) is 13.3. The molecule has 1 heterocycles. The van der Waals surface area contributed by atoms with Gasteiger partial charge >= 0.3 is 0 Å². The third-order valence-corrected chi connectivity index (χ3v) is 6.66. The molecule has 1 amide bonds. The van der Waals surface area contributed by atoms with E-state index in [4.69, 9.17) is 4.74 Å². The van der Waals surface area contributed by atoms with Gasteiger partial charge in [0.25, 0.3) is 15.9 Å². The second-order valence-electron chi connectivity index (χ2n) is 6.94. The molecule has 0 radical (unpaired) electrons. The van der Waals surface area contributed by atoms with Gasteiger partial charge in [-0.15, -0.1) is 0 Å². The van der Waals surface area contributed by atoms with Crippen LogP contribution in [0.1, 0.15) is 28.8 Å². The van der Waals surface area contributed by atoms with Crippen molar-refractivity contribution in [2.45, 2.75) is 30.8 Å². The van der Waals surface area contributed by atoms with E-state index in [9.17, 15) is 13.2 Å². The van der Waals surface area contributed by atoms with Gasteiger partial charge in [-0.1, -0.05) is 12.1 Å². The number of hydrogen-bond donors (Lipinski definition) is 1. The van der Waals surface area contributed by atoms with Crippen LogP contribution in [-0.4, -0.2) is 45.5 Å². The van der Waals surface area contributed by atoms with Gasteiger partial charge in [-0.2, -0.15) is 0 Å². The van der Waals surface area contributed by atoms with E-state index in [1.165, 1.54) is 12.1 Å². The number of sulfonamides is 1. The zero-order valence-corrected chi connectivity index (χ0v) is 18.2. The summed E-state index contributed by atoms with van der Waals surface area (Å²) in [5, 5.41) is 0. The fourth-order valence-corrected chi connectivity index (χ4v) is 4.71. The summed E-state index contributed by atoms with van der Waals surface area (Å²) in [6.07, 6.45) is 1.98. The molecule has 0 aromatic heterocycles. The third-order valence-electron chi connectivity index (χ3n) is 4.61. The number of ether oxygens (including phenoxy) is 1. The molecule has 3 rings (SSSR count). The molecule has 1 N–H and O–H groups in total. The molecule has 1 aliphatic heterocycles. The standard InChI is InChI=1S/C20H23BrN2O4S/c1-14-8-9-18(21)19(11-14)22-28(25,26)17-7-3-5-15(12-17)20(24)23(2)13-16-6-4-10-27-16/h3,5,7-9,11-12,16,22H,4,6,10,13H2,1-2H3. The number of nitrogens with zero attached hydrogens (tertiary/aromatic N) is 1. The van der Waals surface area contributed by atoms with E-state index in [0.29, 0.717) is 22.3 Å². The van der Waals surface area contributed by atoms with E-state index in [1.807, 2.05) is 13.0 Å².